The molecule has 0 saturated carbocycles. The maximum atomic E-state index is 8.83. The molecule has 1 saturated heterocycles. The van der Waals surface area contributed by atoms with Crippen LogP contribution in [0.3, 0.4) is 0 Å². The van der Waals surface area contributed by atoms with Crippen LogP contribution in [0.2, 0.25) is 0 Å². The zero-order chi connectivity index (χ0) is 15.5. The highest BCUT2D eigenvalue weighted by molar-refractivity contribution is 7.39. The molecule has 2 aliphatic heterocycles. The number of nitrogens with two attached hydrogens (primary N) is 1. The third kappa shape index (κ3) is 3.57. The van der Waals surface area contributed by atoms with Crippen molar-refractivity contribution in [2.45, 2.75) is 37.8 Å². The van der Waals surface area contributed by atoms with E-state index in [-0.39, 0.29) is 18.9 Å². The maximum absolute atomic E-state index is 8.83. The van der Waals surface area contributed by atoms with Gasteiger partial charge in [0.15, 0.2) is 5.49 Å². The molecule has 1 aromatic heterocycles. The van der Waals surface area contributed by atoms with Crippen LogP contribution < -0.4 is 16.6 Å². The smallest absolute Gasteiger partial charge is 0.327 e. The molecule has 4 N–H and O–H groups in total. The zero-order valence-electron chi connectivity index (χ0n) is 11.8. The summed E-state index contributed by atoms with van der Waals surface area (Å²) in [5, 5.41) is 0.682. The Morgan fingerprint density at radius 2 is 2.32 bits per heavy atom. The quantitative estimate of drug-likeness (QED) is 0.603. The highest BCUT2D eigenvalue weighted by Crippen LogP contribution is 2.30. The lowest BCUT2D eigenvalue weighted by Gasteiger charge is -2.30. The molecule has 0 amide bonds. The molecule has 0 bridgehead atoms. The fraction of sp³-hybridized carbons (Fsp3) is 0.583. The molecular formula is C12H18N5O4P. The van der Waals surface area contributed by atoms with Crippen LogP contribution in [-0.4, -0.2) is 44.6 Å². The van der Waals surface area contributed by atoms with E-state index in [1.165, 1.54) is 6.34 Å². The highest BCUT2D eigenvalue weighted by Gasteiger charge is 2.25. The molecule has 0 aliphatic carbocycles. The Morgan fingerprint density at radius 3 is 3.14 bits per heavy atom. The minimum absolute atomic E-state index is 0.154. The van der Waals surface area contributed by atoms with Gasteiger partial charge in [-0.15, -0.1) is 0 Å². The molecule has 1 fully saturated rings. The second-order valence-electron chi connectivity index (χ2n) is 5.10. The molecule has 3 rings (SSSR count). The third-order valence-electron chi connectivity index (χ3n) is 3.56. The Hall–Kier alpha value is -1.22. The van der Waals surface area contributed by atoms with Crippen LogP contribution in [0.5, 0.6) is 0 Å². The molecule has 22 heavy (non-hydrogen) atoms. The largest absolute Gasteiger partial charge is 0.352 e. The summed E-state index contributed by atoms with van der Waals surface area (Å²) in [5.41, 5.74) is 6.43. The predicted molar refractivity (Wildman–Crippen MR) is 79.0 cm³/mol. The van der Waals surface area contributed by atoms with Crippen molar-refractivity contribution in [3.63, 3.8) is 0 Å². The van der Waals surface area contributed by atoms with E-state index >= 15 is 0 Å². The lowest BCUT2D eigenvalue weighted by atomic mass is 10.1. The molecule has 1 aromatic rings. The second-order valence-corrected chi connectivity index (χ2v) is 5.87. The van der Waals surface area contributed by atoms with Gasteiger partial charge in [-0.05, 0) is 25.3 Å². The number of nitrogens with zero attached hydrogens (tertiary/aromatic N) is 4. The normalized spacial score (nSPS) is 27.9. The predicted octanol–water partition coefficient (Wildman–Crippen LogP) is -1.09. The molecule has 0 aromatic carbocycles. The van der Waals surface area contributed by atoms with Crippen molar-refractivity contribution in [3.05, 3.63) is 17.2 Å². The summed E-state index contributed by atoms with van der Waals surface area (Å²) in [6, 6.07) is 0. The van der Waals surface area contributed by atoms with Gasteiger partial charge in [0.25, 0.3) is 0 Å². The van der Waals surface area contributed by atoms with Gasteiger partial charge in [0.05, 0.1) is 19.0 Å². The van der Waals surface area contributed by atoms with Crippen molar-refractivity contribution in [1.29, 1.82) is 0 Å². The number of aliphatic imine (C=N–C) groups is 1. The number of hydrogen-bond acceptors (Lipinski definition) is 8. The fourth-order valence-corrected chi connectivity index (χ4v) is 2.86. The van der Waals surface area contributed by atoms with Crippen LogP contribution in [0.4, 0.5) is 0 Å². The number of aromatic nitrogens is 2. The molecule has 3 atom stereocenters. The van der Waals surface area contributed by atoms with Crippen molar-refractivity contribution in [3.8, 4) is 0 Å². The van der Waals surface area contributed by atoms with Crippen LogP contribution in [0.1, 0.15) is 25.5 Å². The van der Waals surface area contributed by atoms with E-state index in [0.29, 0.717) is 10.8 Å². The molecule has 120 valence electrons. The summed E-state index contributed by atoms with van der Waals surface area (Å²) >= 11 is 0. The summed E-state index contributed by atoms with van der Waals surface area (Å²) in [5.74, 6) is 0. The van der Waals surface area contributed by atoms with Gasteiger partial charge in [-0.25, -0.2) is 9.98 Å². The second kappa shape index (κ2) is 6.91. The monoisotopic (exact) mass is 327 g/mol. The van der Waals surface area contributed by atoms with E-state index in [1.807, 2.05) is 4.57 Å². The first-order valence-electron chi connectivity index (χ1n) is 6.99. The van der Waals surface area contributed by atoms with Gasteiger partial charge < -0.3 is 24.8 Å². The number of hydrogen-bond donors (Lipinski definition) is 3. The molecule has 9 nitrogen and oxygen atoms in total. The lowest BCUT2D eigenvalue weighted by molar-refractivity contribution is -0.105. The van der Waals surface area contributed by atoms with Gasteiger partial charge in [-0.1, -0.05) is 0 Å². The van der Waals surface area contributed by atoms with Crippen LogP contribution in [0.25, 0.3) is 6.08 Å². The number of fused-ring (bicyclic) bond motifs is 1. The van der Waals surface area contributed by atoms with Gasteiger partial charge in [-0.3, -0.25) is 9.56 Å². The summed E-state index contributed by atoms with van der Waals surface area (Å²) in [7, 11) is -2.36. The van der Waals surface area contributed by atoms with E-state index in [1.54, 1.807) is 12.4 Å². The molecule has 3 heterocycles. The van der Waals surface area contributed by atoms with Gasteiger partial charge in [0.1, 0.15) is 24.1 Å². The Bertz CT molecular complexity index is 661. The Kier molecular flexibility index (Phi) is 4.92. The Balaban J connectivity index is 1.79. The van der Waals surface area contributed by atoms with Crippen molar-refractivity contribution in [1.82, 2.24) is 9.55 Å². The van der Waals surface area contributed by atoms with Crippen LogP contribution in [0.15, 0.2) is 16.3 Å². The van der Waals surface area contributed by atoms with E-state index in [2.05, 4.69) is 15.0 Å². The van der Waals surface area contributed by atoms with Gasteiger partial charge in [0.2, 0.25) is 0 Å². The average molecular weight is 327 g/mol. The van der Waals surface area contributed by atoms with Crippen molar-refractivity contribution < 1.29 is 19.0 Å². The zero-order valence-corrected chi connectivity index (χ0v) is 12.7. The average Bonchev–Trinajstić information content (AvgIpc) is 2.79. The standard InChI is InChI=1S/C12H18N5O4P/c13-10-4-9-12(15-6-14-10)17(7-16-9)11-3-1-2-8(21-11)5-20-22(18)19/h4,6-8,10-11,18-19H,1-3,5,13H2/t8-,10?,11+/m0/s1. The first-order chi connectivity index (χ1) is 10.6. The minimum Gasteiger partial charge on any atom is -0.352 e. The SMILES string of the molecule is NC1C=c2ncn([C@H]3CCC[C@@H](COP(O)O)O3)c2=NC=N1. The van der Waals surface area contributed by atoms with Crippen LogP contribution in [-0.2, 0) is 9.26 Å². The maximum Gasteiger partial charge on any atom is 0.327 e. The molecule has 0 radical (unpaired) electrons. The first kappa shape index (κ1) is 15.7. The highest BCUT2D eigenvalue weighted by atomic mass is 31.2. The van der Waals surface area contributed by atoms with E-state index < -0.39 is 14.8 Å². The van der Waals surface area contributed by atoms with Gasteiger partial charge >= 0.3 is 8.60 Å². The van der Waals surface area contributed by atoms with Crippen molar-refractivity contribution in [2.24, 2.45) is 15.7 Å². The number of imidazole rings is 1. The Morgan fingerprint density at radius 1 is 1.45 bits per heavy atom. The summed E-state index contributed by atoms with van der Waals surface area (Å²) < 4.78 is 12.7. The Labute approximate surface area is 127 Å². The molecule has 2 aliphatic rings. The summed E-state index contributed by atoms with van der Waals surface area (Å²) in [6.45, 7) is 0.154. The van der Waals surface area contributed by atoms with Gasteiger partial charge in [-0.2, -0.15) is 0 Å². The minimum atomic E-state index is -2.36. The first-order valence-corrected chi connectivity index (χ1v) is 8.16. The van der Waals surface area contributed by atoms with Crippen molar-refractivity contribution in [2.75, 3.05) is 6.61 Å². The number of rotatable bonds is 4. The summed E-state index contributed by atoms with van der Waals surface area (Å²) in [6.07, 6.45) is 6.57. The fourth-order valence-electron chi connectivity index (χ4n) is 2.56. The number of ether oxygens (including phenoxy) is 1. The lowest BCUT2D eigenvalue weighted by Crippen LogP contribution is -2.37. The molecule has 1 unspecified atom stereocenters. The van der Waals surface area contributed by atoms with E-state index in [9.17, 15) is 0 Å². The molecule has 10 heteroatoms. The third-order valence-corrected chi connectivity index (χ3v) is 3.94. The van der Waals surface area contributed by atoms with E-state index in [4.69, 9.17) is 24.8 Å². The molecular weight excluding hydrogens is 309 g/mol. The summed E-state index contributed by atoms with van der Waals surface area (Å²) in [4.78, 5) is 30.3. The van der Waals surface area contributed by atoms with Crippen molar-refractivity contribution >= 4 is 21.0 Å². The van der Waals surface area contributed by atoms with Crippen LogP contribution >= 0.6 is 8.60 Å². The van der Waals surface area contributed by atoms with Gasteiger partial charge in [0, 0.05) is 0 Å². The van der Waals surface area contributed by atoms with Crippen LogP contribution in [0, 0.1) is 0 Å². The molecule has 0 spiro atoms. The van der Waals surface area contributed by atoms with E-state index in [0.717, 1.165) is 19.3 Å². The topological polar surface area (TPSA) is 127 Å².